The first-order valence-corrected chi connectivity index (χ1v) is 13.2. The van der Waals surface area contributed by atoms with E-state index in [-0.39, 0.29) is 11.6 Å². The summed E-state index contributed by atoms with van der Waals surface area (Å²) < 4.78 is 0. The molecule has 0 aliphatic heterocycles. The predicted octanol–water partition coefficient (Wildman–Crippen LogP) is 9.47. The van der Waals surface area contributed by atoms with Crippen LogP contribution < -0.4 is 0 Å². The lowest BCUT2D eigenvalue weighted by Crippen LogP contribution is -2.12. The van der Waals surface area contributed by atoms with E-state index in [1.54, 1.807) is 6.07 Å². The van der Waals surface area contributed by atoms with E-state index in [4.69, 9.17) is 23.2 Å². The first-order chi connectivity index (χ1) is 18.5. The van der Waals surface area contributed by atoms with Crippen molar-refractivity contribution in [2.75, 3.05) is 0 Å². The smallest absolute Gasteiger partial charge is 0.195 e. The van der Waals surface area contributed by atoms with Gasteiger partial charge in [0.25, 0.3) is 0 Å². The van der Waals surface area contributed by atoms with Crippen LogP contribution >= 0.6 is 23.2 Å². The third kappa shape index (κ3) is 2.24. The second-order valence-electron chi connectivity index (χ2n) is 10.1. The van der Waals surface area contributed by atoms with Crippen LogP contribution in [0.15, 0.2) is 84.9 Å². The molecule has 0 atom stereocenters. The number of fused-ring (bicyclic) bond motifs is 6. The molecule has 2 nitrogen and oxygen atoms in total. The summed E-state index contributed by atoms with van der Waals surface area (Å²) in [6.07, 6.45) is 0. The Kier molecular flexibility index (Phi) is 3.71. The molecule has 7 aromatic carbocycles. The maximum Gasteiger partial charge on any atom is 0.195 e. The third-order valence-electron chi connectivity index (χ3n) is 8.46. The van der Waals surface area contributed by atoms with Gasteiger partial charge in [0.2, 0.25) is 0 Å². The van der Waals surface area contributed by atoms with Gasteiger partial charge in [-0.1, -0.05) is 89.9 Å². The molecule has 0 saturated carbocycles. The van der Waals surface area contributed by atoms with Gasteiger partial charge in [0, 0.05) is 27.5 Å². The Hall–Kier alpha value is -4.24. The molecule has 0 aromatic heterocycles. The first-order valence-electron chi connectivity index (χ1n) is 12.4. The average molecular weight is 525 g/mol. The maximum absolute atomic E-state index is 13.7. The van der Waals surface area contributed by atoms with Crippen molar-refractivity contribution in [1.82, 2.24) is 0 Å². The van der Waals surface area contributed by atoms with Crippen LogP contribution in [0.5, 0.6) is 0 Å². The largest absolute Gasteiger partial charge is 0.289 e. The van der Waals surface area contributed by atoms with Crippen LogP contribution in [0, 0.1) is 0 Å². The van der Waals surface area contributed by atoms with Crippen molar-refractivity contribution in [2.45, 2.75) is 0 Å². The number of rotatable bonds is 0. The van der Waals surface area contributed by atoms with Gasteiger partial charge in [-0.05, 0) is 72.8 Å². The van der Waals surface area contributed by atoms with Gasteiger partial charge in [0.05, 0.1) is 15.6 Å². The van der Waals surface area contributed by atoms with Gasteiger partial charge in [-0.2, -0.15) is 0 Å². The molecular weight excluding hydrogens is 511 g/mol. The fourth-order valence-electron chi connectivity index (χ4n) is 6.91. The van der Waals surface area contributed by atoms with Crippen LogP contribution in [-0.2, 0) is 0 Å². The fourth-order valence-corrected chi connectivity index (χ4v) is 7.32. The minimum absolute atomic E-state index is 0.0607. The van der Waals surface area contributed by atoms with Crippen molar-refractivity contribution in [3.8, 4) is 22.3 Å². The molecular formula is C34H14Cl2O2. The molecule has 0 heterocycles. The summed E-state index contributed by atoms with van der Waals surface area (Å²) in [6, 6.07) is 28.0. The van der Waals surface area contributed by atoms with Gasteiger partial charge in [-0.3, -0.25) is 9.59 Å². The van der Waals surface area contributed by atoms with Gasteiger partial charge in [-0.25, -0.2) is 0 Å². The highest BCUT2D eigenvalue weighted by Crippen LogP contribution is 2.51. The van der Waals surface area contributed by atoms with Crippen molar-refractivity contribution in [3.63, 3.8) is 0 Å². The zero-order valence-corrected chi connectivity index (χ0v) is 21.2. The highest BCUT2D eigenvalue weighted by molar-refractivity contribution is 6.47. The number of hydrogen-bond acceptors (Lipinski definition) is 2. The van der Waals surface area contributed by atoms with Gasteiger partial charge < -0.3 is 0 Å². The molecule has 0 unspecified atom stereocenters. The number of halogens is 2. The SMILES string of the molecule is O=C1c2ccccc2-c2ccc3c4ccc5c6c(ccc(c7ccc1c2c37)c64)-c1ccc(Cl)c(Cl)c1C5=O. The summed E-state index contributed by atoms with van der Waals surface area (Å²) in [7, 11) is 0. The summed E-state index contributed by atoms with van der Waals surface area (Å²) in [5, 5.41) is 9.06. The standard InChI is InChI=1S/C34H14Cl2O2/c35-26-14-13-22-21-8-7-18-19-9-11-24-29-16(15-3-1-2-4-23(15)33(24)37)5-6-17(27(19)29)20-10-12-25(30(21)28(18)20)34(38)31(22)32(26)36/h1-14H. The van der Waals surface area contributed by atoms with Crippen LogP contribution in [0.25, 0.3) is 65.3 Å². The lowest BCUT2D eigenvalue weighted by atomic mass is 9.76. The Morgan fingerprint density at radius 1 is 0.395 bits per heavy atom. The Morgan fingerprint density at radius 2 is 0.868 bits per heavy atom. The molecule has 0 fully saturated rings. The zero-order chi connectivity index (χ0) is 25.4. The zero-order valence-electron chi connectivity index (χ0n) is 19.7. The monoisotopic (exact) mass is 524 g/mol. The van der Waals surface area contributed by atoms with E-state index < -0.39 is 0 Å². The van der Waals surface area contributed by atoms with Crippen molar-refractivity contribution < 1.29 is 9.59 Å². The van der Waals surface area contributed by atoms with Crippen molar-refractivity contribution >= 4 is 77.9 Å². The molecule has 2 aliphatic carbocycles. The number of carbonyl (C=O) groups is 2. The van der Waals surface area contributed by atoms with E-state index >= 15 is 0 Å². The lowest BCUT2D eigenvalue weighted by molar-refractivity contribution is 0.103. The molecule has 0 N–H and O–H groups in total. The van der Waals surface area contributed by atoms with Crippen LogP contribution in [0.2, 0.25) is 10.0 Å². The molecule has 7 aromatic rings. The van der Waals surface area contributed by atoms with E-state index in [9.17, 15) is 9.59 Å². The molecule has 0 radical (unpaired) electrons. The highest BCUT2D eigenvalue weighted by Gasteiger charge is 2.31. The maximum atomic E-state index is 13.7. The molecule has 38 heavy (non-hydrogen) atoms. The Labute approximate surface area is 226 Å². The molecule has 9 rings (SSSR count). The number of ketones is 2. The molecule has 4 heteroatoms. The van der Waals surface area contributed by atoms with Gasteiger partial charge in [-0.15, -0.1) is 0 Å². The Bertz CT molecular complexity index is 2270. The second-order valence-corrected chi connectivity index (χ2v) is 10.9. The van der Waals surface area contributed by atoms with Crippen LogP contribution in [0.1, 0.15) is 31.8 Å². The average Bonchev–Trinajstić information content (AvgIpc) is 2.95. The number of benzene rings is 7. The van der Waals surface area contributed by atoms with Gasteiger partial charge in [0.15, 0.2) is 11.6 Å². The van der Waals surface area contributed by atoms with Crippen LogP contribution in [-0.4, -0.2) is 11.6 Å². The molecule has 2 aliphatic rings. The number of hydrogen-bond donors (Lipinski definition) is 0. The van der Waals surface area contributed by atoms with Gasteiger partial charge in [0.1, 0.15) is 0 Å². The topological polar surface area (TPSA) is 34.1 Å². The number of carbonyl (C=O) groups excluding carboxylic acids is 2. The summed E-state index contributed by atoms with van der Waals surface area (Å²) >= 11 is 12.8. The second kappa shape index (κ2) is 6.79. The predicted molar refractivity (Wildman–Crippen MR) is 155 cm³/mol. The lowest BCUT2D eigenvalue weighted by Gasteiger charge is -2.26. The first kappa shape index (κ1) is 20.8. The minimum atomic E-state index is -0.109. The van der Waals surface area contributed by atoms with Crippen LogP contribution in [0.4, 0.5) is 0 Å². The van der Waals surface area contributed by atoms with E-state index in [0.29, 0.717) is 21.2 Å². The third-order valence-corrected chi connectivity index (χ3v) is 9.27. The van der Waals surface area contributed by atoms with Gasteiger partial charge >= 0.3 is 0 Å². The molecule has 0 amide bonds. The van der Waals surface area contributed by atoms with E-state index in [2.05, 4.69) is 30.3 Å². The molecule has 176 valence electrons. The Balaban J connectivity index is 1.50. The summed E-state index contributed by atoms with van der Waals surface area (Å²) in [4.78, 5) is 27.3. The van der Waals surface area contributed by atoms with E-state index in [1.807, 2.05) is 48.5 Å². The highest BCUT2D eigenvalue weighted by atomic mass is 35.5. The molecule has 0 saturated heterocycles. The van der Waals surface area contributed by atoms with E-state index in [1.165, 1.54) is 0 Å². The molecule has 0 spiro atoms. The summed E-state index contributed by atoms with van der Waals surface area (Å²) in [6.45, 7) is 0. The molecule has 0 bridgehead atoms. The van der Waals surface area contributed by atoms with Crippen molar-refractivity contribution in [1.29, 1.82) is 0 Å². The fraction of sp³-hybridized carbons (Fsp3) is 0. The summed E-state index contributed by atoms with van der Waals surface area (Å²) in [5.41, 5.74) is 6.42. The van der Waals surface area contributed by atoms with Crippen LogP contribution in [0.3, 0.4) is 0 Å². The minimum Gasteiger partial charge on any atom is -0.289 e. The van der Waals surface area contributed by atoms with E-state index in [0.717, 1.165) is 76.5 Å². The summed E-state index contributed by atoms with van der Waals surface area (Å²) in [5.74, 6) is -0.0486. The van der Waals surface area contributed by atoms with Crippen molar-refractivity contribution in [2.24, 2.45) is 0 Å². The van der Waals surface area contributed by atoms with Crippen molar-refractivity contribution in [3.05, 3.63) is 117 Å². The quantitative estimate of drug-likeness (QED) is 0.146. The Morgan fingerprint density at radius 3 is 1.47 bits per heavy atom. The normalized spacial score (nSPS) is 13.6.